The van der Waals surface area contributed by atoms with E-state index in [1.807, 2.05) is 5.38 Å². The first kappa shape index (κ1) is 14.5. The Labute approximate surface area is 106 Å². The zero-order chi connectivity index (χ0) is 12.9. The van der Waals surface area contributed by atoms with Crippen LogP contribution in [-0.4, -0.2) is 32.1 Å². The molecule has 1 rings (SSSR count). The van der Waals surface area contributed by atoms with Crippen LogP contribution in [0.1, 0.15) is 30.7 Å². The predicted octanol–water partition coefficient (Wildman–Crippen LogP) is 2.00. The molecule has 98 valence electrons. The van der Waals surface area contributed by atoms with Crippen molar-refractivity contribution < 1.29 is 18.3 Å². The summed E-state index contributed by atoms with van der Waals surface area (Å²) in [4.78, 5) is 0.816. The SMILES string of the molecule is CCS(=O)(=O)CCCC(O)c1cc(OC)cs1. The lowest BCUT2D eigenvalue weighted by Gasteiger charge is -2.07. The lowest BCUT2D eigenvalue weighted by Crippen LogP contribution is -2.09. The molecule has 0 fully saturated rings. The van der Waals surface area contributed by atoms with E-state index in [9.17, 15) is 13.5 Å². The van der Waals surface area contributed by atoms with Crippen molar-refractivity contribution in [2.75, 3.05) is 18.6 Å². The normalized spacial score (nSPS) is 13.6. The van der Waals surface area contributed by atoms with Gasteiger partial charge in [0.1, 0.15) is 15.6 Å². The van der Waals surface area contributed by atoms with Crippen molar-refractivity contribution in [2.45, 2.75) is 25.9 Å². The smallest absolute Gasteiger partial charge is 0.150 e. The van der Waals surface area contributed by atoms with Gasteiger partial charge in [-0.25, -0.2) is 8.42 Å². The van der Waals surface area contributed by atoms with E-state index in [0.717, 1.165) is 10.6 Å². The van der Waals surface area contributed by atoms with Gasteiger partial charge in [-0.3, -0.25) is 0 Å². The molecule has 0 spiro atoms. The minimum atomic E-state index is -2.93. The molecule has 4 nitrogen and oxygen atoms in total. The molecule has 0 saturated heterocycles. The Morgan fingerprint density at radius 1 is 1.53 bits per heavy atom. The van der Waals surface area contributed by atoms with Crippen molar-refractivity contribution in [1.29, 1.82) is 0 Å². The number of sulfone groups is 1. The van der Waals surface area contributed by atoms with Gasteiger partial charge in [0.2, 0.25) is 0 Å². The summed E-state index contributed by atoms with van der Waals surface area (Å²) < 4.78 is 27.6. The number of aliphatic hydroxyl groups is 1. The van der Waals surface area contributed by atoms with Gasteiger partial charge in [0.05, 0.1) is 19.0 Å². The van der Waals surface area contributed by atoms with Crippen LogP contribution in [0, 0.1) is 0 Å². The number of ether oxygens (including phenoxy) is 1. The summed E-state index contributed by atoms with van der Waals surface area (Å²) in [5.74, 6) is 1.03. The van der Waals surface area contributed by atoms with Crippen LogP contribution in [0.15, 0.2) is 11.4 Å². The Morgan fingerprint density at radius 3 is 2.76 bits per heavy atom. The van der Waals surface area contributed by atoms with Gasteiger partial charge in [0, 0.05) is 16.0 Å². The number of hydrogen-bond acceptors (Lipinski definition) is 5. The maximum atomic E-state index is 11.3. The predicted molar refractivity (Wildman–Crippen MR) is 69.4 cm³/mol. The first-order valence-corrected chi connectivity index (χ1v) is 8.19. The maximum Gasteiger partial charge on any atom is 0.150 e. The van der Waals surface area contributed by atoms with Crippen LogP contribution in [0.2, 0.25) is 0 Å². The summed E-state index contributed by atoms with van der Waals surface area (Å²) in [6.07, 6.45) is 0.344. The first-order chi connectivity index (χ1) is 7.98. The number of hydrogen-bond donors (Lipinski definition) is 1. The molecule has 1 aromatic heterocycles. The second-order valence-electron chi connectivity index (χ2n) is 3.78. The van der Waals surface area contributed by atoms with Crippen molar-refractivity contribution in [2.24, 2.45) is 0 Å². The Hall–Kier alpha value is -0.590. The fraction of sp³-hybridized carbons (Fsp3) is 0.636. The number of methoxy groups -OCH3 is 1. The lowest BCUT2D eigenvalue weighted by atomic mass is 10.2. The Bertz CT molecular complexity index is 436. The van der Waals surface area contributed by atoms with E-state index in [4.69, 9.17) is 4.74 Å². The molecule has 1 N–H and O–H groups in total. The highest BCUT2D eigenvalue weighted by molar-refractivity contribution is 7.91. The van der Waals surface area contributed by atoms with Crippen molar-refractivity contribution >= 4 is 21.2 Å². The molecule has 0 amide bonds. The van der Waals surface area contributed by atoms with Crippen LogP contribution < -0.4 is 4.74 Å². The highest BCUT2D eigenvalue weighted by atomic mass is 32.2. The van der Waals surface area contributed by atoms with Gasteiger partial charge in [-0.05, 0) is 18.9 Å². The average molecular weight is 278 g/mol. The molecule has 1 atom stereocenters. The molecule has 0 aliphatic heterocycles. The van der Waals surface area contributed by atoms with E-state index in [-0.39, 0.29) is 11.5 Å². The summed E-state index contributed by atoms with van der Waals surface area (Å²) in [6, 6.07) is 1.78. The molecular formula is C11H18O4S2. The van der Waals surface area contributed by atoms with Gasteiger partial charge < -0.3 is 9.84 Å². The molecule has 1 aromatic rings. The summed E-state index contributed by atoms with van der Waals surface area (Å²) in [5.41, 5.74) is 0. The van der Waals surface area contributed by atoms with Gasteiger partial charge in [0.15, 0.2) is 0 Å². The van der Waals surface area contributed by atoms with E-state index in [2.05, 4.69) is 0 Å². The molecule has 0 aliphatic carbocycles. The average Bonchev–Trinajstić information content (AvgIpc) is 2.77. The number of thiophene rings is 1. The summed E-state index contributed by atoms with van der Waals surface area (Å²) in [6.45, 7) is 1.63. The molecule has 0 aliphatic rings. The number of aliphatic hydroxyl groups excluding tert-OH is 1. The minimum absolute atomic E-state index is 0.142. The van der Waals surface area contributed by atoms with Crippen LogP contribution in [0.4, 0.5) is 0 Å². The third-order valence-electron chi connectivity index (χ3n) is 2.53. The summed E-state index contributed by atoms with van der Waals surface area (Å²) >= 11 is 1.42. The quantitative estimate of drug-likeness (QED) is 0.828. The van der Waals surface area contributed by atoms with Crippen molar-refractivity contribution in [3.8, 4) is 5.75 Å². The Balaban J connectivity index is 2.42. The molecule has 1 heterocycles. The van der Waals surface area contributed by atoms with Crippen LogP contribution >= 0.6 is 11.3 Å². The molecule has 1 unspecified atom stereocenters. The highest BCUT2D eigenvalue weighted by Gasteiger charge is 2.13. The van der Waals surface area contributed by atoms with Crippen molar-refractivity contribution in [3.05, 3.63) is 16.3 Å². The first-order valence-electron chi connectivity index (χ1n) is 5.49. The number of rotatable bonds is 7. The van der Waals surface area contributed by atoms with Crippen LogP contribution in [0.3, 0.4) is 0 Å². The topological polar surface area (TPSA) is 63.6 Å². The fourth-order valence-corrected chi connectivity index (χ4v) is 3.17. The van der Waals surface area contributed by atoms with Crippen LogP contribution in [0.25, 0.3) is 0 Å². The monoisotopic (exact) mass is 278 g/mol. The van der Waals surface area contributed by atoms with E-state index in [1.165, 1.54) is 11.3 Å². The lowest BCUT2D eigenvalue weighted by molar-refractivity contribution is 0.170. The van der Waals surface area contributed by atoms with Crippen molar-refractivity contribution in [3.63, 3.8) is 0 Å². The minimum Gasteiger partial charge on any atom is -0.496 e. The highest BCUT2D eigenvalue weighted by Crippen LogP contribution is 2.29. The zero-order valence-corrected chi connectivity index (χ0v) is 11.7. The third kappa shape index (κ3) is 4.65. The largest absolute Gasteiger partial charge is 0.496 e. The van der Waals surface area contributed by atoms with Crippen LogP contribution in [-0.2, 0) is 9.84 Å². The summed E-state index contributed by atoms with van der Waals surface area (Å²) in [7, 11) is -1.35. The molecule has 0 bridgehead atoms. The van der Waals surface area contributed by atoms with Crippen molar-refractivity contribution in [1.82, 2.24) is 0 Å². The molecule has 17 heavy (non-hydrogen) atoms. The Kier molecular flexibility index (Phi) is 5.42. The molecular weight excluding hydrogens is 260 g/mol. The molecule has 0 aromatic carbocycles. The van der Waals surface area contributed by atoms with Gasteiger partial charge in [-0.15, -0.1) is 11.3 Å². The van der Waals surface area contributed by atoms with Gasteiger partial charge in [-0.2, -0.15) is 0 Å². The van der Waals surface area contributed by atoms with E-state index < -0.39 is 15.9 Å². The zero-order valence-electron chi connectivity index (χ0n) is 10.0. The van der Waals surface area contributed by atoms with Gasteiger partial charge in [-0.1, -0.05) is 6.92 Å². The standard InChI is InChI=1S/C11H18O4S2/c1-3-17(13,14)6-4-5-10(12)11-7-9(15-2)8-16-11/h7-8,10,12H,3-6H2,1-2H3. The second-order valence-corrected chi connectivity index (χ2v) is 7.20. The third-order valence-corrected chi connectivity index (χ3v) is 5.34. The maximum absolute atomic E-state index is 11.3. The summed E-state index contributed by atoms with van der Waals surface area (Å²) in [5, 5.41) is 11.7. The van der Waals surface area contributed by atoms with E-state index in [0.29, 0.717) is 12.8 Å². The van der Waals surface area contributed by atoms with Crippen LogP contribution in [0.5, 0.6) is 5.75 Å². The Morgan fingerprint density at radius 2 is 2.24 bits per heavy atom. The van der Waals surface area contributed by atoms with E-state index in [1.54, 1.807) is 20.1 Å². The van der Waals surface area contributed by atoms with Gasteiger partial charge >= 0.3 is 0 Å². The molecule has 0 saturated carbocycles. The second kappa shape index (κ2) is 6.37. The molecule has 0 radical (unpaired) electrons. The van der Waals surface area contributed by atoms with Gasteiger partial charge in [0.25, 0.3) is 0 Å². The fourth-order valence-electron chi connectivity index (χ4n) is 1.40. The van der Waals surface area contributed by atoms with E-state index >= 15 is 0 Å². The molecule has 6 heteroatoms.